The van der Waals surface area contributed by atoms with E-state index in [-0.39, 0.29) is 16.8 Å². The number of sulfone groups is 1. The number of halogens is 4. The van der Waals surface area contributed by atoms with E-state index in [4.69, 9.17) is 5.11 Å². The third-order valence-corrected chi connectivity index (χ3v) is 6.76. The minimum atomic E-state index is -4.87. The van der Waals surface area contributed by atoms with Crippen molar-refractivity contribution in [1.29, 1.82) is 0 Å². The Morgan fingerprint density at radius 2 is 1.72 bits per heavy atom. The molecule has 168 valence electrons. The molecular formula is C21H16F4N2O4S. The fourth-order valence-corrected chi connectivity index (χ4v) is 5.16. The van der Waals surface area contributed by atoms with Crippen molar-refractivity contribution in [3.05, 3.63) is 94.3 Å². The van der Waals surface area contributed by atoms with Crippen LogP contribution in [0.4, 0.5) is 17.6 Å². The molecule has 11 heteroatoms. The maximum absolute atomic E-state index is 14.7. The van der Waals surface area contributed by atoms with Crippen LogP contribution < -0.4 is 5.32 Å². The number of pyridine rings is 1. The number of rotatable bonds is 6. The zero-order valence-corrected chi connectivity index (χ0v) is 17.3. The van der Waals surface area contributed by atoms with Gasteiger partial charge < -0.3 is 10.4 Å². The lowest BCUT2D eigenvalue weighted by atomic mass is 10.00. The number of benzene rings is 2. The normalized spacial score (nSPS) is 12.4. The highest BCUT2D eigenvalue weighted by Crippen LogP contribution is 2.40. The topological polar surface area (TPSA) is 96.4 Å². The Balaban J connectivity index is 2.32. The van der Waals surface area contributed by atoms with E-state index in [0.29, 0.717) is 12.1 Å². The predicted octanol–water partition coefficient (Wildman–Crippen LogP) is 3.19. The number of carbonyl (C=O) groups is 1. The van der Waals surface area contributed by atoms with Crippen molar-refractivity contribution in [1.82, 2.24) is 10.3 Å². The van der Waals surface area contributed by atoms with Crippen LogP contribution in [-0.2, 0) is 9.84 Å². The first kappa shape index (κ1) is 23.4. The summed E-state index contributed by atoms with van der Waals surface area (Å²) in [5, 5.41) is 8.68. The van der Waals surface area contributed by atoms with Crippen LogP contribution in [0, 0.1) is 30.2 Å². The van der Waals surface area contributed by atoms with Gasteiger partial charge in [0.1, 0.15) is 34.2 Å². The summed E-state index contributed by atoms with van der Waals surface area (Å²) in [5.41, 5.74) is -1.61. The molecule has 0 spiro atoms. The van der Waals surface area contributed by atoms with E-state index in [1.54, 1.807) is 0 Å². The molecule has 1 amide bonds. The van der Waals surface area contributed by atoms with Gasteiger partial charge in [-0.2, -0.15) is 0 Å². The Labute approximate surface area is 180 Å². The molecular weight excluding hydrogens is 452 g/mol. The molecule has 3 rings (SSSR count). The number of carbonyl (C=O) groups excluding carboxylic acids is 1. The van der Waals surface area contributed by atoms with Gasteiger partial charge in [-0.3, -0.25) is 9.78 Å². The molecule has 6 nitrogen and oxygen atoms in total. The van der Waals surface area contributed by atoms with Crippen molar-refractivity contribution in [2.24, 2.45) is 0 Å². The van der Waals surface area contributed by atoms with E-state index >= 15 is 0 Å². The van der Waals surface area contributed by atoms with Crippen LogP contribution in [0.15, 0.2) is 53.6 Å². The lowest BCUT2D eigenvalue weighted by molar-refractivity contribution is 0.0905. The lowest BCUT2D eigenvalue weighted by Crippen LogP contribution is -2.26. The average Bonchev–Trinajstić information content (AvgIpc) is 2.74. The highest BCUT2D eigenvalue weighted by molar-refractivity contribution is 7.92. The first-order valence-electron chi connectivity index (χ1n) is 9.07. The van der Waals surface area contributed by atoms with Gasteiger partial charge in [-0.15, -0.1) is 0 Å². The fourth-order valence-electron chi connectivity index (χ4n) is 3.19. The van der Waals surface area contributed by atoms with E-state index in [1.807, 2.05) is 0 Å². The number of hydrogen-bond acceptors (Lipinski definition) is 5. The molecule has 2 aromatic carbocycles. The van der Waals surface area contributed by atoms with Gasteiger partial charge >= 0.3 is 0 Å². The van der Waals surface area contributed by atoms with Gasteiger partial charge in [0.25, 0.3) is 5.91 Å². The maximum atomic E-state index is 14.7. The van der Waals surface area contributed by atoms with Crippen LogP contribution in [-0.4, -0.2) is 31.1 Å². The molecule has 0 fully saturated rings. The summed E-state index contributed by atoms with van der Waals surface area (Å²) in [4.78, 5) is 14.8. The fraction of sp³-hybridized carbons (Fsp3) is 0.143. The number of nitrogens with zero attached hydrogens (tertiary/aromatic N) is 1. The van der Waals surface area contributed by atoms with Crippen molar-refractivity contribution < 1.29 is 35.9 Å². The van der Waals surface area contributed by atoms with Crippen LogP contribution in [0.2, 0.25) is 0 Å². The minimum absolute atomic E-state index is 0.0519. The minimum Gasteiger partial charge on any atom is -0.376 e. The number of nitrogens with one attached hydrogen (secondary N) is 1. The van der Waals surface area contributed by atoms with Crippen LogP contribution in [0.5, 0.6) is 0 Å². The van der Waals surface area contributed by atoms with E-state index in [1.165, 1.54) is 19.1 Å². The monoisotopic (exact) mass is 468 g/mol. The Morgan fingerprint density at radius 1 is 1.06 bits per heavy atom. The van der Waals surface area contributed by atoms with Crippen LogP contribution >= 0.6 is 0 Å². The van der Waals surface area contributed by atoms with Gasteiger partial charge in [-0.1, -0.05) is 12.1 Å². The van der Waals surface area contributed by atoms with Gasteiger partial charge in [0.15, 0.2) is 21.5 Å². The smallest absolute Gasteiger partial charge is 0.271 e. The number of aromatic nitrogens is 1. The van der Waals surface area contributed by atoms with Crippen molar-refractivity contribution in [2.75, 3.05) is 6.73 Å². The molecule has 0 saturated heterocycles. The molecule has 0 bridgehead atoms. The van der Waals surface area contributed by atoms with Crippen LogP contribution in [0.1, 0.15) is 32.4 Å². The molecule has 0 radical (unpaired) electrons. The maximum Gasteiger partial charge on any atom is 0.271 e. The standard InChI is InChI=1S/C21H16F4N2O4S/c1-11-8-16(21(29)27-10-28)26-9-12(11)20(18-14(23)6-7-15(24)19(18)25)32(30,31)17-5-3-2-4-13(17)22/h2-9,20,28H,10H2,1H3,(H,27,29). The predicted molar refractivity (Wildman–Crippen MR) is 105 cm³/mol. The van der Waals surface area contributed by atoms with E-state index in [9.17, 15) is 30.8 Å². The molecule has 1 atom stereocenters. The van der Waals surface area contributed by atoms with Gasteiger partial charge in [-0.25, -0.2) is 26.0 Å². The molecule has 1 heterocycles. The molecule has 1 aromatic heterocycles. The van der Waals surface area contributed by atoms with Crippen molar-refractivity contribution in [2.45, 2.75) is 17.1 Å². The lowest BCUT2D eigenvalue weighted by Gasteiger charge is -2.22. The summed E-state index contributed by atoms with van der Waals surface area (Å²) in [7, 11) is -4.87. The van der Waals surface area contributed by atoms with Crippen LogP contribution in [0.3, 0.4) is 0 Å². The second kappa shape index (κ2) is 9.05. The van der Waals surface area contributed by atoms with Crippen LogP contribution in [0.25, 0.3) is 0 Å². The SMILES string of the molecule is Cc1cc(C(=O)NCO)ncc1C(c1c(F)ccc(F)c1F)S(=O)(=O)c1ccccc1F. The third-order valence-electron chi connectivity index (χ3n) is 4.70. The molecule has 3 aromatic rings. The second-order valence-electron chi connectivity index (χ2n) is 6.70. The molecule has 0 saturated carbocycles. The average molecular weight is 468 g/mol. The first-order valence-corrected chi connectivity index (χ1v) is 10.6. The van der Waals surface area contributed by atoms with Gasteiger partial charge in [0.05, 0.1) is 0 Å². The largest absolute Gasteiger partial charge is 0.376 e. The molecule has 0 aliphatic heterocycles. The summed E-state index contributed by atoms with van der Waals surface area (Å²) in [6.45, 7) is 0.650. The van der Waals surface area contributed by atoms with Crippen molar-refractivity contribution in [3.8, 4) is 0 Å². The molecule has 0 aliphatic rings. The number of hydrogen-bond donors (Lipinski definition) is 2. The summed E-state index contributed by atoms with van der Waals surface area (Å²) in [6, 6.07) is 6.40. The van der Waals surface area contributed by atoms with Crippen molar-refractivity contribution >= 4 is 15.7 Å². The van der Waals surface area contributed by atoms with Gasteiger partial charge in [0.2, 0.25) is 0 Å². The second-order valence-corrected chi connectivity index (χ2v) is 8.70. The highest BCUT2D eigenvalue weighted by Gasteiger charge is 2.38. The number of aliphatic hydroxyl groups is 1. The quantitative estimate of drug-likeness (QED) is 0.329. The summed E-state index contributed by atoms with van der Waals surface area (Å²) in [6.07, 6.45) is 0.883. The Kier molecular flexibility index (Phi) is 6.60. The van der Waals surface area contributed by atoms with E-state index in [2.05, 4.69) is 10.3 Å². The highest BCUT2D eigenvalue weighted by atomic mass is 32.2. The molecule has 0 aliphatic carbocycles. The molecule has 1 unspecified atom stereocenters. The van der Waals surface area contributed by atoms with Gasteiger partial charge in [0, 0.05) is 11.8 Å². The number of aliphatic hydroxyl groups excluding tert-OH is 1. The zero-order chi connectivity index (χ0) is 23.6. The molecule has 32 heavy (non-hydrogen) atoms. The van der Waals surface area contributed by atoms with E-state index in [0.717, 1.165) is 24.4 Å². The van der Waals surface area contributed by atoms with E-state index < -0.39 is 61.5 Å². The summed E-state index contributed by atoms with van der Waals surface area (Å²) < 4.78 is 84.5. The Morgan fingerprint density at radius 3 is 2.34 bits per heavy atom. The Hall–Kier alpha value is -3.31. The zero-order valence-electron chi connectivity index (χ0n) is 16.4. The third kappa shape index (κ3) is 4.21. The van der Waals surface area contributed by atoms with Gasteiger partial charge in [-0.05, 0) is 48.4 Å². The number of aryl methyl sites for hydroxylation is 1. The summed E-state index contributed by atoms with van der Waals surface area (Å²) >= 11 is 0. The molecule has 2 N–H and O–H groups in total. The van der Waals surface area contributed by atoms with Crippen molar-refractivity contribution in [3.63, 3.8) is 0 Å². The number of amides is 1. The summed E-state index contributed by atoms with van der Waals surface area (Å²) in [5.74, 6) is -6.58. The first-order chi connectivity index (χ1) is 15.1. The Bertz CT molecular complexity index is 1300.